The molecule has 0 amide bonds. The average molecular weight is 740 g/mol. The average Bonchev–Trinajstić information content (AvgIpc) is 3.74. The first-order valence-electron chi connectivity index (χ1n) is 20.2. The topological polar surface area (TPSA) is 4.93 Å². The molecule has 0 saturated carbocycles. The van der Waals surface area contributed by atoms with Crippen LogP contribution in [0.25, 0.3) is 94.3 Å². The van der Waals surface area contributed by atoms with Gasteiger partial charge in [-0.05, 0) is 120 Å². The fourth-order valence-electron chi connectivity index (χ4n) is 9.31. The summed E-state index contributed by atoms with van der Waals surface area (Å²) in [6.45, 7) is 4.76. The Labute approximate surface area is 340 Å². The largest absolute Gasteiger partial charge is 0.309 e. The predicted octanol–water partition coefficient (Wildman–Crippen LogP) is 15.4. The van der Waals surface area contributed by atoms with Crippen LogP contribution >= 0.6 is 0 Å². The first-order valence-corrected chi connectivity index (χ1v) is 20.2. The van der Waals surface area contributed by atoms with E-state index in [1.54, 1.807) is 0 Å². The maximum absolute atomic E-state index is 2.48. The van der Waals surface area contributed by atoms with Crippen LogP contribution in [0, 0.1) is 0 Å². The van der Waals surface area contributed by atoms with Gasteiger partial charge in [0.1, 0.15) is 0 Å². The molecular weight excluding hydrogens is 699 g/mol. The zero-order valence-electron chi connectivity index (χ0n) is 32.7. The van der Waals surface area contributed by atoms with Crippen molar-refractivity contribution in [2.24, 2.45) is 0 Å². The highest BCUT2D eigenvalue weighted by atomic mass is 15.0. The molecule has 0 radical (unpaired) electrons. The number of rotatable bonds is 6. The molecule has 0 fully saturated rings. The highest BCUT2D eigenvalue weighted by Gasteiger charge is 2.36. The highest BCUT2D eigenvalue weighted by molar-refractivity contribution is 6.12. The highest BCUT2D eigenvalue weighted by Crippen LogP contribution is 2.51. The second-order valence-corrected chi connectivity index (χ2v) is 16.2. The van der Waals surface area contributed by atoms with E-state index >= 15 is 0 Å². The smallest absolute Gasteiger partial charge is 0.0541 e. The Morgan fingerprint density at radius 3 is 1.09 bits per heavy atom. The number of benzene rings is 9. The quantitative estimate of drug-likeness (QED) is 0.160. The van der Waals surface area contributed by atoms with Gasteiger partial charge in [0, 0.05) is 21.9 Å². The Balaban J connectivity index is 1.05. The summed E-state index contributed by atoms with van der Waals surface area (Å²) >= 11 is 0. The molecule has 0 bridgehead atoms. The van der Waals surface area contributed by atoms with Crippen LogP contribution < -0.4 is 0 Å². The number of hydrogen-bond acceptors (Lipinski definition) is 0. The van der Waals surface area contributed by atoms with Gasteiger partial charge in [0.2, 0.25) is 0 Å². The number of fused-ring (bicyclic) bond motifs is 6. The van der Waals surface area contributed by atoms with E-state index in [4.69, 9.17) is 0 Å². The molecule has 9 aromatic carbocycles. The van der Waals surface area contributed by atoms with Crippen LogP contribution in [0.5, 0.6) is 0 Å². The van der Waals surface area contributed by atoms with Crippen LogP contribution in [-0.2, 0) is 5.41 Å². The fourth-order valence-corrected chi connectivity index (χ4v) is 9.31. The zero-order chi connectivity index (χ0) is 38.8. The lowest BCUT2D eigenvalue weighted by molar-refractivity contribution is 0.660. The molecule has 0 atom stereocenters. The van der Waals surface area contributed by atoms with E-state index in [-0.39, 0.29) is 5.41 Å². The molecule has 0 unspecified atom stereocenters. The van der Waals surface area contributed by atoms with Gasteiger partial charge in [0.05, 0.1) is 11.0 Å². The van der Waals surface area contributed by atoms with Crippen molar-refractivity contribution < 1.29 is 0 Å². The maximum atomic E-state index is 2.48. The molecule has 274 valence electrons. The fraction of sp³-hybridized carbons (Fsp3) is 0.0526. The summed E-state index contributed by atoms with van der Waals surface area (Å²) < 4.78 is 2.48. The molecule has 1 heteroatoms. The Kier molecular flexibility index (Phi) is 7.91. The Bertz CT molecular complexity index is 2990. The van der Waals surface area contributed by atoms with Gasteiger partial charge in [0.15, 0.2) is 0 Å². The number of hydrogen-bond donors (Lipinski definition) is 0. The standard InChI is InChI=1S/C57H41N/c1-57(2)53-36-47(40-16-10-5-11-17-40)26-30-49(53)50-31-29-48(37-54(50)57)58-55-32-27-45(43-22-18-41(19-23-43)38-12-6-3-7-13-38)34-51(55)52-35-46(28-33-56(52)58)44-24-20-42(21-25-44)39-14-8-4-9-15-39/h3-37H,1-2H3. The Hall–Kier alpha value is -7.22. The second-order valence-electron chi connectivity index (χ2n) is 16.2. The van der Waals surface area contributed by atoms with Crippen LogP contribution in [0.1, 0.15) is 25.0 Å². The number of nitrogens with zero attached hydrogens (tertiary/aromatic N) is 1. The monoisotopic (exact) mass is 739 g/mol. The van der Waals surface area contributed by atoms with Crippen molar-refractivity contribution in [1.82, 2.24) is 4.57 Å². The third-order valence-corrected chi connectivity index (χ3v) is 12.4. The van der Waals surface area contributed by atoms with E-state index in [2.05, 4.69) is 231 Å². The molecule has 0 aliphatic heterocycles. The van der Waals surface area contributed by atoms with E-state index in [1.165, 1.54) is 105 Å². The lowest BCUT2D eigenvalue weighted by atomic mass is 9.81. The molecule has 11 rings (SSSR count). The summed E-state index contributed by atoms with van der Waals surface area (Å²) in [5.41, 5.74) is 21.1. The van der Waals surface area contributed by atoms with Gasteiger partial charge in [-0.25, -0.2) is 0 Å². The maximum Gasteiger partial charge on any atom is 0.0541 e. The Morgan fingerprint density at radius 1 is 0.293 bits per heavy atom. The molecule has 10 aromatic rings. The van der Waals surface area contributed by atoms with E-state index in [0.717, 1.165) is 0 Å². The van der Waals surface area contributed by atoms with Gasteiger partial charge < -0.3 is 4.57 Å². The third kappa shape index (κ3) is 5.62. The van der Waals surface area contributed by atoms with E-state index < -0.39 is 0 Å². The van der Waals surface area contributed by atoms with Gasteiger partial charge in [-0.1, -0.05) is 184 Å². The Morgan fingerprint density at radius 2 is 0.621 bits per heavy atom. The van der Waals surface area contributed by atoms with E-state index in [0.29, 0.717) is 0 Å². The third-order valence-electron chi connectivity index (χ3n) is 12.4. The van der Waals surface area contributed by atoms with Crippen molar-refractivity contribution in [2.45, 2.75) is 19.3 Å². The van der Waals surface area contributed by atoms with E-state index in [9.17, 15) is 0 Å². The summed E-state index contributed by atoms with van der Waals surface area (Å²) in [5.74, 6) is 0. The van der Waals surface area contributed by atoms with Crippen molar-refractivity contribution in [1.29, 1.82) is 0 Å². The molecule has 1 nitrogen and oxygen atoms in total. The minimum atomic E-state index is -0.150. The zero-order valence-corrected chi connectivity index (χ0v) is 32.7. The molecule has 58 heavy (non-hydrogen) atoms. The van der Waals surface area contributed by atoms with Crippen LogP contribution in [0.3, 0.4) is 0 Å². The molecule has 1 aliphatic rings. The molecule has 0 spiro atoms. The lowest BCUT2D eigenvalue weighted by Gasteiger charge is -2.23. The first kappa shape index (κ1) is 34.1. The van der Waals surface area contributed by atoms with Gasteiger partial charge in [-0.15, -0.1) is 0 Å². The SMILES string of the molecule is CC1(C)c2cc(-c3ccccc3)ccc2-c2ccc(-n3c4ccc(-c5ccc(-c6ccccc6)cc5)cc4c4cc(-c5ccc(-c6ccccc6)cc5)ccc43)cc21. The van der Waals surface area contributed by atoms with Crippen LogP contribution in [0.2, 0.25) is 0 Å². The summed E-state index contributed by atoms with van der Waals surface area (Å²) in [6, 6.07) is 78.1. The summed E-state index contributed by atoms with van der Waals surface area (Å²) in [6.07, 6.45) is 0. The lowest BCUT2D eigenvalue weighted by Crippen LogP contribution is -2.15. The van der Waals surface area contributed by atoms with Crippen molar-refractivity contribution in [3.8, 4) is 72.4 Å². The van der Waals surface area contributed by atoms with Gasteiger partial charge >= 0.3 is 0 Å². The summed E-state index contributed by atoms with van der Waals surface area (Å²) in [4.78, 5) is 0. The normalized spacial score (nSPS) is 12.8. The van der Waals surface area contributed by atoms with Crippen LogP contribution in [0.15, 0.2) is 212 Å². The minimum absolute atomic E-state index is 0.150. The number of aromatic nitrogens is 1. The van der Waals surface area contributed by atoms with Crippen molar-refractivity contribution in [2.75, 3.05) is 0 Å². The minimum Gasteiger partial charge on any atom is -0.309 e. The predicted molar refractivity (Wildman–Crippen MR) is 246 cm³/mol. The molecule has 1 aliphatic carbocycles. The van der Waals surface area contributed by atoms with Crippen molar-refractivity contribution in [3.63, 3.8) is 0 Å². The molecule has 0 saturated heterocycles. The van der Waals surface area contributed by atoms with Crippen molar-refractivity contribution in [3.05, 3.63) is 223 Å². The molecule has 1 aromatic heterocycles. The van der Waals surface area contributed by atoms with E-state index in [1.807, 2.05) is 0 Å². The van der Waals surface area contributed by atoms with Gasteiger partial charge in [0.25, 0.3) is 0 Å². The van der Waals surface area contributed by atoms with Crippen LogP contribution in [0.4, 0.5) is 0 Å². The summed E-state index contributed by atoms with van der Waals surface area (Å²) in [7, 11) is 0. The summed E-state index contributed by atoms with van der Waals surface area (Å²) in [5, 5.41) is 2.50. The molecule has 0 N–H and O–H groups in total. The molecular formula is C57H41N. The van der Waals surface area contributed by atoms with Gasteiger partial charge in [-0.2, -0.15) is 0 Å². The van der Waals surface area contributed by atoms with Crippen molar-refractivity contribution >= 4 is 21.8 Å². The molecule has 1 heterocycles. The first-order chi connectivity index (χ1) is 28.5. The van der Waals surface area contributed by atoms with Crippen LogP contribution in [-0.4, -0.2) is 4.57 Å². The second kappa shape index (κ2) is 13.5. The van der Waals surface area contributed by atoms with Gasteiger partial charge in [-0.3, -0.25) is 0 Å².